The van der Waals surface area contributed by atoms with E-state index in [1.807, 2.05) is 0 Å². The van der Waals surface area contributed by atoms with Gasteiger partial charge in [-0.15, -0.1) is 0 Å². The van der Waals surface area contributed by atoms with Gasteiger partial charge in [0.2, 0.25) is 0 Å². The number of thiol groups is 1. The van der Waals surface area contributed by atoms with Gasteiger partial charge in [0.15, 0.2) is 0 Å². The van der Waals surface area contributed by atoms with Crippen molar-refractivity contribution >= 4 is 12.8 Å². The molecule has 1 atom stereocenters. The van der Waals surface area contributed by atoms with E-state index >= 15 is 0 Å². The minimum Gasteiger partial charge on any atom is -0.241 e. The molecule has 1 rings (SSSR count). The average molecular weight is 171 g/mol. The summed E-state index contributed by atoms with van der Waals surface area (Å²) in [6, 6.07) is -1.32. The minimum atomic E-state index is -4.10. The van der Waals surface area contributed by atoms with Gasteiger partial charge in [0.1, 0.15) is 6.04 Å². The molecule has 0 aromatic heterocycles. The predicted molar refractivity (Wildman–Crippen MR) is 34.8 cm³/mol. The van der Waals surface area contributed by atoms with Gasteiger partial charge in [-0.2, -0.15) is 13.2 Å². The lowest BCUT2D eigenvalue weighted by atomic mass is 10.2. The topological polar surface area (TPSA) is 3.24 Å². The number of rotatable bonds is 0. The van der Waals surface area contributed by atoms with Crippen LogP contribution in [0.5, 0.6) is 0 Å². The van der Waals surface area contributed by atoms with E-state index in [9.17, 15) is 13.2 Å². The Hall–Kier alpha value is 0.100. The molecule has 0 aliphatic carbocycles. The summed E-state index contributed by atoms with van der Waals surface area (Å²) in [6.45, 7) is 0.438. The average Bonchev–Trinajstić information content (AvgIpc) is 2.11. The Morgan fingerprint density at radius 2 is 2.00 bits per heavy atom. The Morgan fingerprint density at radius 1 is 1.40 bits per heavy atom. The molecule has 5 heteroatoms. The number of hydrogen-bond donors (Lipinski definition) is 1. The van der Waals surface area contributed by atoms with E-state index in [0.717, 1.165) is 4.31 Å². The van der Waals surface area contributed by atoms with Crippen molar-refractivity contribution in [3.05, 3.63) is 0 Å². The van der Waals surface area contributed by atoms with Crippen molar-refractivity contribution in [2.75, 3.05) is 6.54 Å². The monoisotopic (exact) mass is 171 g/mol. The van der Waals surface area contributed by atoms with Crippen LogP contribution in [-0.2, 0) is 0 Å². The maximum atomic E-state index is 11.9. The maximum absolute atomic E-state index is 11.9. The van der Waals surface area contributed by atoms with Crippen molar-refractivity contribution < 1.29 is 13.2 Å². The molecule has 1 saturated heterocycles. The lowest BCUT2D eigenvalue weighted by Crippen LogP contribution is -2.35. The number of halogens is 3. The summed E-state index contributed by atoms with van der Waals surface area (Å²) in [5.74, 6) is 0. The van der Waals surface area contributed by atoms with Crippen LogP contribution < -0.4 is 0 Å². The van der Waals surface area contributed by atoms with Gasteiger partial charge in [0, 0.05) is 6.54 Å². The van der Waals surface area contributed by atoms with Crippen LogP contribution in [0.3, 0.4) is 0 Å². The highest BCUT2D eigenvalue weighted by Gasteiger charge is 2.44. The lowest BCUT2D eigenvalue weighted by Gasteiger charge is -2.20. The van der Waals surface area contributed by atoms with E-state index in [4.69, 9.17) is 0 Å². The van der Waals surface area contributed by atoms with Gasteiger partial charge in [-0.05, 0) is 12.8 Å². The standard InChI is InChI=1S/C5H8F3NS/c6-5(7,8)4-2-1-3-9(4)10/h4,10H,1-3H2. The molecule has 1 fully saturated rings. The molecule has 0 radical (unpaired) electrons. The van der Waals surface area contributed by atoms with Crippen LogP contribution in [0.25, 0.3) is 0 Å². The van der Waals surface area contributed by atoms with Gasteiger partial charge in [-0.1, -0.05) is 12.8 Å². The first kappa shape index (κ1) is 8.20. The van der Waals surface area contributed by atoms with Gasteiger partial charge in [-0.25, -0.2) is 4.31 Å². The quantitative estimate of drug-likeness (QED) is 0.544. The molecule has 1 nitrogen and oxygen atoms in total. The Balaban J connectivity index is 2.55. The Bertz CT molecular complexity index is 125. The summed E-state index contributed by atoms with van der Waals surface area (Å²) < 4.78 is 36.8. The smallest absolute Gasteiger partial charge is 0.241 e. The molecule has 1 unspecified atom stereocenters. The second-order valence-electron chi connectivity index (χ2n) is 2.36. The fourth-order valence-corrected chi connectivity index (χ4v) is 1.47. The molecule has 0 amide bonds. The summed E-state index contributed by atoms with van der Waals surface area (Å²) in [5, 5.41) is 0. The van der Waals surface area contributed by atoms with Crippen LogP contribution in [0.1, 0.15) is 12.8 Å². The van der Waals surface area contributed by atoms with Crippen LogP contribution >= 0.6 is 12.8 Å². The summed E-state index contributed by atoms with van der Waals surface area (Å²) in [4.78, 5) is 0. The Kier molecular flexibility index (Phi) is 2.15. The van der Waals surface area contributed by atoms with Gasteiger partial charge in [0.05, 0.1) is 0 Å². The number of nitrogens with zero attached hydrogens (tertiary/aromatic N) is 1. The molecule has 1 aliphatic rings. The molecule has 1 heterocycles. The molecule has 0 N–H and O–H groups in total. The summed E-state index contributed by atoms with van der Waals surface area (Å²) in [6.07, 6.45) is -3.32. The number of hydrogen-bond acceptors (Lipinski definition) is 2. The van der Waals surface area contributed by atoms with Crippen molar-refractivity contribution in [3.63, 3.8) is 0 Å². The highest BCUT2D eigenvalue weighted by molar-refractivity contribution is 7.77. The third kappa shape index (κ3) is 1.58. The van der Waals surface area contributed by atoms with Gasteiger partial charge >= 0.3 is 6.18 Å². The molecule has 1 aliphatic heterocycles. The van der Waals surface area contributed by atoms with Crippen molar-refractivity contribution in [2.24, 2.45) is 0 Å². The molecule has 0 aromatic carbocycles. The summed E-state index contributed by atoms with van der Waals surface area (Å²) in [5.41, 5.74) is 0. The molecular formula is C5H8F3NS. The van der Waals surface area contributed by atoms with Crippen LogP contribution in [-0.4, -0.2) is 23.1 Å². The third-order valence-electron chi connectivity index (χ3n) is 1.60. The van der Waals surface area contributed by atoms with Crippen molar-refractivity contribution in [1.29, 1.82) is 0 Å². The second-order valence-corrected chi connectivity index (χ2v) is 2.88. The predicted octanol–water partition coefficient (Wildman–Crippen LogP) is 1.86. The molecular weight excluding hydrogens is 163 g/mol. The van der Waals surface area contributed by atoms with E-state index in [-0.39, 0.29) is 6.42 Å². The zero-order valence-corrected chi connectivity index (χ0v) is 6.12. The molecule has 0 aromatic rings. The lowest BCUT2D eigenvalue weighted by molar-refractivity contribution is -0.163. The van der Waals surface area contributed by atoms with Gasteiger partial charge in [0.25, 0.3) is 0 Å². The molecule has 60 valence electrons. The van der Waals surface area contributed by atoms with E-state index in [1.165, 1.54) is 0 Å². The molecule has 10 heavy (non-hydrogen) atoms. The first-order valence-electron chi connectivity index (χ1n) is 3.04. The zero-order valence-electron chi connectivity index (χ0n) is 5.23. The van der Waals surface area contributed by atoms with E-state index in [1.54, 1.807) is 0 Å². The van der Waals surface area contributed by atoms with Gasteiger partial charge < -0.3 is 0 Å². The van der Waals surface area contributed by atoms with E-state index in [0.29, 0.717) is 13.0 Å². The fourth-order valence-electron chi connectivity index (χ4n) is 1.08. The van der Waals surface area contributed by atoms with Crippen LogP contribution in [0.4, 0.5) is 13.2 Å². The number of alkyl halides is 3. The van der Waals surface area contributed by atoms with Gasteiger partial charge in [-0.3, -0.25) is 0 Å². The fraction of sp³-hybridized carbons (Fsp3) is 1.00. The van der Waals surface area contributed by atoms with E-state index < -0.39 is 12.2 Å². The molecule has 0 spiro atoms. The Labute approximate surface area is 62.7 Å². The Morgan fingerprint density at radius 3 is 2.20 bits per heavy atom. The second kappa shape index (κ2) is 2.62. The van der Waals surface area contributed by atoms with Crippen molar-refractivity contribution in [1.82, 2.24) is 4.31 Å². The summed E-state index contributed by atoms with van der Waals surface area (Å²) >= 11 is 3.69. The zero-order chi connectivity index (χ0) is 7.78. The molecule has 0 bridgehead atoms. The third-order valence-corrected chi connectivity index (χ3v) is 2.08. The van der Waals surface area contributed by atoms with Crippen LogP contribution in [0.15, 0.2) is 0 Å². The van der Waals surface area contributed by atoms with Crippen molar-refractivity contribution in [3.8, 4) is 0 Å². The normalized spacial score (nSPS) is 29.4. The highest BCUT2D eigenvalue weighted by atomic mass is 32.1. The summed E-state index contributed by atoms with van der Waals surface area (Å²) in [7, 11) is 0. The maximum Gasteiger partial charge on any atom is 0.404 e. The first-order chi connectivity index (χ1) is 4.52. The van der Waals surface area contributed by atoms with E-state index in [2.05, 4.69) is 12.8 Å². The first-order valence-corrected chi connectivity index (χ1v) is 3.44. The largest absolute Gasteiger partial charge is 0.404 e. The SMILES string of the molecule is FC(F)(F)C1CCCN1S. The minimum absolute atomic E-state index is 0.188. The van der Waals surface area contributed by atoms with Crippen LogP contribution in [0, 0.1) is 0 Å². The molecule has 0 saturated carbocycles. The highest BCUT2D eigenvalue weighted by Crippen LogP contribution is 2.33. The van der Waals surface area contributed by atoms with Crippen molar-refractivity contribution in [2.45, 2.75) is 25.1 Å². The van der Waals surface area contributed by atoms with Crippen LogP contribution in [0.2, 0.25) is 0 Å².